The summed E-state index contributed by atoms with van der Waals surface area (Å²) >= 11 is 0. The second-order valence-electron chi connectivity index (χ2n) is 6.50. The van der Waals surface area contributed by atoms with Crippen LogP contribution >= 0.6 is 12.4 Å². The number of hydrogen-bond donors (Lipinski definition) is 1. The Morgan fingerprint density at radius 2 is 2.14 bits per heavy atom. The van der Waals surface area contributed by atoms with Gasteiger partial charge in [-0.05, 0) is 48.4 Å². The summed E-state index contributed by atoms with van der Waals surface area (Å²) in [5, 5.41) is 0.878. The van der Waals surface area contributed by atoms with E-state index in [-0.39, 0.29) is 18.2 Å². The normalized spacial score (nSPS) is 27.8. The lowest BCUT2D eigenvalue weighted by molar-refractivity contribution is 0.298. The van der Waals surface area contributed by atoms with Gasteiger partial charge in [0, 0.05) is 37.3 Å². The molecular formula is C17H21ClFN3. The highest BCUT2D eigenvalue weighted by Gasteiger charge is 2.40. The van der Waals surface area contributed by atoms with Crippen LogP contribution in [0.15, 0.2) is 30.5 Å². The molecule has 2 heterocycles. The van der Waals surface area contributed by atoms with E-state index in [0.717, 1.165) is 48.4 Å². The summed E-state index contributed by atoms with van der Waals surface area (Å²) in [5.41, 5.74) is 8.09. The van der Waals surface area contributed by atoms with Gasteiger partial charge < -0.3 is 5.73 Å². The van der Waals surface area contributed by atoms with Crippen molar-refractivity contribution in [1.82, 2.24) is 9.88 Å². The molecule has 1 saturated carbocycles. The van der Waals surface area contributed by atoms with E-state index in [4.69, 9.17) is 5.73 Å². The van der Waals surface area contributed by atoms with E-state index in [9.17, 15) is 4.39 Å². The van der Waals surface area contributed by atoms with Gasteiger partial charge in [0.05, 0.1) is 5.52 Å². The van der Waals surface area contributed by atoms with Crippen LogP contribution in [0, 0.1) is 17.7 Å². The number of aromatic nitrogens is 1. The van der Waals surface area contributed by atoms with Crippen LogP contribution in [0.2, 0.25) is 0 Å². The number of nitrogens with two attached hydrogens (primary N) is 1. The van der Waals surface area contributed by atoms with Crippen LogP contribution in [-0.2, 0) is 6.54 Å². The first-order valence-electron chi connectivity index (χ1n) is 7.72. The molecule has 0 radical (unpaired) electrons. The molecule has 0 bridgehead atoms. The first kappa shape index (κ1) is 15.7. The van der Waals surface area contributed by atoms with Gasteiger partial charge in [0.1, 0.15) is 5.82 Å². The maximum absolute atomic E-state index is 13.8. The molecule has 22 heavy (non-hydrogen) atoms. The highest BCUT2D eigenvalue weighted by Crippen LogP contribution is 2.37. The van der Waals surface area contributed by atoms with Gasteiger partial charge in [-0.25, -0.2) is 4.39 Å². The van der Waals surface area contributed by atoms with Crippen molar-refractivity contribution in [2.45, 2.75) is 25.4 Å². The number of hydrogen-bond acceptors (Lipinski definition) is 3. The number of halogens is 2. The Morgan fingerprint density at radius 1 is 1.27 bits per heavy atom. The van der Waals surface area contributed by atoms with Crippen LogP contribution in [0.3, 0.4) is 0 Å². The van der Waals surface area contributed by atoms with Gasteiger partial charge in [0.25, 0.3) is 0 Å². The van der Waals surface area contributed by atoms with E-state index in [1.165, 1.54) is 6.42 Å². The number of likely N-dealkylation sites (tertiary alicyclic amines) is 1. The van der Waals surface area contributed by atoms with Crippen molar-refractivity contribution in [2.24, 2.45) is 17.6 Å². The molecule has 1 aliphatic heterocycles. The van der Waals surface area contributed by atoms with Gasteiger partial charge in [-0.15, -0.1) is 12.4 Å². The summed E-state index contributed by atoms with van der Waals surface area (Å²) in [4.78, 5) is 6.85. The van der Waals surface area contributed by atoms with Gasteiger partial charge in [-0.1, -0.05) is 6.07 Å². The minimum atomic E-state index is -0.179. The van der Waals surface area contributed by atoms with Crippen molar-refractivity contribution in [2.75, 3.05) is 13.1 Å². The van der Waals surface area contributed by atoms with E-state index in [1.807, 2.05) is 12.1 Å². The Bertz CT molecular complexity index is 678. The minimum Gasteiger partial charge on any atom is -0.327 e. The first-order chi connectivity index (χ1) is 10.2. The molecule has 1 aromatic heterocycles. The van der Waals surface area contributed by atoms with Crippen molar-refractivity contribution in [3.63, 3.8) is 0 Å². The van der Waals surface area contributed by atoms with Crippen molar-refractivity contribution in [3.05, 3.63) is 41.8 Å². The third kappa shape index (κ3) is 2.71. The molecular weight excluding hydrogens is 301 g/mol. The molecule has 2 fully saturated rings. The zero-order valence-corrected chi connectivity index (χ0v) is 13.2. The summed E-state index contributed by atoms with van der Waals surface area (Å²) in [5.74, 6) is 1.17. The topological polar surface area (TPSA) is 42.1 Å². The van der Waals surface area contributed by atoms with Crippen LogP contribution in [-0.4, -0.2) is 29.0 Å². The molecule has 4 rings (SSSR count). The quantitative estimate of drug-likeness (QED) is 0.924. The fraction of sp³-hybridized carbons (Fsp3) is 0.471. The zero-order valence-electron chi connectivity index (χ0n) is 12.4. The molecule has 0 amide bonds. The van der Waals surface area contributed by atoms with E-state index >= 15 is 0 Å². The Balaban J connectivity index is 0.00000144. The van der Waals surface area contributed by atoms with Gasteiger partial charge in [-0.3, -0.25) is 9.88 Å². The Kier molecular flexibility index (Phi) is 4.35. The number of nitrogens with zero attached hydrogens (tertiary/aromatic N) is 2. The van der Waals surface area contributed by atoms with Crippen LogP contribution < -0.4 is 5.73 Å². The fourth-order valence-electron chi connectivity index (χ4n) is 4.12. The lowest BCUT2D eigenvalue weighted by Crippen LogP contribution is -2.30. The smallest absolute Gasteiger partial charge is 0.124 e. The van der Waals surface area contributed by atoms with Crippen molar-refractivity contribution in [3.8, 4) is 0 Å². The molecule has 3 unspecified atom stereocenters. The summed E-state index contributed by atoms with van der Waals surface area (Å²) in [6.45, 7) is 2.89. The molecule has 3 nitrogen and oxygen atoms in total. The van der Waals surface area contributed by atoms with Gasteiger partial charge in [0.2, 0.25) is 0 Å². The standard InChI is InChI=1S/C17H20FN3.ClH/c18-14-6-11-2-1-5-20-17(11)13(7-14)9-21-8-12-3-4-16(19)15(12)10-21;/h1-2,5-7,12,15-16H,3-4,8-10,19H2;1H. The van der Waals surface area contributed by atoms with Crippen LogP contribution in [0.5, 0.6) is 0 Å². The molecule has 2 N–H and O–H groups in total. The van der Waals surface area contributed by atoms with E-state index < -0.39 is 0 Å². The third-order valence-corrected chi connectivity index (χ3v) is 5.13. The lowest BCUT2D eigenvalue weighted by Gasteiger charge is -2.19. The second kappa shape index (κ2) is 6.11. The molecule has 3 atom stereocenters. The summed E-state index contributed by atoms with van der Waals surface area (Å²) in [7, 11) is 0. The summed E-state index contributed by atoms with van der Waals surface area (Å²) in [6, 6.07) is 7.31. The molecule has 2 aliphatic rings. The van der Waals surface area contributed by atoms with Crippen molar-refractivity contribution in [1.29, 1.82) is 0 Å². The highest BCUT2D eigenvalue weighted by molar-refractivity contribution is 5.85. The molecule has 5 heteroatoms. The summed E-state index contributed by atoms with van der Waals surface area (Å²) in [6.07, 6.45) is 4.18. The average Bonchev–Trinajstić information content (AvgIpc) is 3.01. The molecule has 1 aliphatic carbocycles. The molecule has 0 spiro atoms. The van der Waals surface area contributed by atoms with Gasteiger partial charge >= 0.3 is 0 Å². The molecule has 118 valence electrons. The van der Waals surface area contributed by atoms with Crippen LogP contribution in [0.4, 0.5) is 4.39 Å². The predicted molar refractivity (Wildman–Crippen MR) is 88.4 cm³/mol. The van der Waals surface area contributed by atoms with Gasteiger partial charge in [0.15, 0.2) is 0 Å². The SMILES string of the molecule is Cl.NC1CCC2CN(Cc3cc(F)cc4cccnc34)CC12. The number of rotatable bonds is 2. The first-order valence-corrected chi connectivity index (χ1v) is 7.72. The van der Waals surface area contributed by atoms with Gasteiger partial charge in [-0.2, -0.15) is 0 Å². The molecule has 1 aromatic carbocycles. The number of benzene rings is 1. The Hall–Kier alpha value is -1.23. The average molecular weight is 322 g/mol. The monoisotopic (exact) mass is 321 g/mol. The van der Waals surface area contributed by atoms with Crippen LogP contribution in [0.1, 0.15) is 18.4 Å². The largest absolute Gasteiger partial charge is 0.327 e. The zero-order chi connectivity index (χ0) is 14.4. The van der Waals surface area contributed by atoms with E-state index in [0.29, 0.717) is 12.0 Å². The maximum atomic E-state index is 13.8. The predicted octanol–water partition coefficient (Wildman–Crippen LogP) is 2.96. The fourth-order valence-corrected chi connectivity index (χ4v) is 4.12. The van der Waals surface area contributed by atoms with E-state index in [2.05, 4.69) is 9.88 Å². The highest BCUT2D eigenvalue weighted by atomic mass is 35.5. The lowest BCUT2D eigenvalue weighted by atomic mass is 9.98. The third-order valence-electron chi connectivity index (χ3n) is 5.13. The number of fused-ring (bicyclic) bond motifs is 2. The number of pyridine rings is 1. The van der Waals surface area contributed by atoms with Crippen molar-refractivity contribution >= 4 is 23.3 Å². The molecule has 2 aromatic rings. The van der Waals surface area contributed by atoms with Crippen LogP contribution in [0.25, 0.3) is 10.9 Å². The molecule has 1 saturated heterocycles. The summed E-state index contributed by atoms with van der Waals surface area (Å²) < 4.78 is 13.8. The Morgan fingerprint density at radius 3 is 2.95 bits per heavy atom. The van der Waals surface area contributed by atoms with Crippen molar-refractivity contribution < 1.29 is 4.39 Å². The second-order valence-corrected chi connectivity index (χ2v) is 6.50. The minimum absolute atomic E-state index is 0. The maximum Gasteiger partial charge on any atom is 0.124 e. The van der Waals surface area contributed by atoms with E-state index in [1.54, 1.807) is 18.3 Å². The Labute approximate surface area is 136 Å².